The van der Waals surface area contributed by atoms with Crippen LogP contribution in [0.5, 0.6) is 11.8 Å². The molecule has 2 unspecified atom stereocenters. The molecule has 3 aromatic carbocycles. The van der Waals surface area contributed by atoms with Crippen LogP contribution in [0.1, 0.15) is 47.1 Å². The highest BCUT2D eigenvalue weighted by molar-refractivity contribution is 5.95. The van der Waals surface area contributed by atoms with Crippen LogP contribution in [-0.4, -0.2) is 32.3 Å². The van der Waals surface area contributed by atoms with Crippen molar-refractivity contribution in [3.63, 3.8) is 0 Å². The molecule has 3 aliphatic rings. The zero-order valence-corrected chi connectivity index (χ0v) is 18.9. The van der Waals surface area contributed by atoms with Crippen molar-refractivity contribution < 1.29 is 19.7 Å². The first-order valence-corrected chi connectivity index (χ1v) is 11.6. The maximum atomic E-state index is 13.0. The van der Waals surface area contributed by atoms with Crippen molar-refractivity contribution in [1.82, 2.24) is 9.47 Å². The standard InChI is InChI=1S/C28H23N3O4/c29-14-18-10-12-22(21-9-5-4-8-20(18)21)31-26(32)24-19-11-13-23(25(24)27(31)33)30(15-19)28(34)35-16-17-6-2-1-3-7-17/h1-10,12,19,23,32-33H,11,13,15-16H2. The lowest BCUT2D eigenvalue weighted by Crippen LogP contribution is -2.45. The van der Waals surface area contributed by atoms with E-state index in [1.165, 1.54) is 4.57 Å². The molecule has 174 valence electrons. The van der Waals surface area contributed by atoms with Crippen molar-refractivity contribution >= 4 is 16.9 Å². The van der Waals surface area contributed by atoms with E-state index in [1.807, 2.05) is 54.6 Å². The maximum Gasteiger partial charge on any atom is 0.410 e. The monoisotopic (exact) mass is 465 g/mol. The molecule has 2 atom stereocenters. The molecule has 2 aliphatic heterocycles. The van der Waals surface area contributed by atoms with Crippen LogP contribution in [0.25, 0.3) is 16.5 Å². The number of piperidine rings is 1. The molecule has 0 spiro atoms. The number of hydrogen-bond acceptors (Lipinski definition) is 5. The van der Waals surface area contributed by atoms with Gasteiger partial charge in [-0.25, -0.2) is 4.79 Å². The third-order valence-electron chi connectivity index (χ3n) is 7.22. The molecule has 4 aromatic rings. The Morgan fingerprint density at radius 2 is 1.66 bits per heavy atom. The smallest absolute Gasteiger partial charge is 0.410 e. The summed E-state index contributed by atoms with van der Waals surface area (Å²) in [5.74, 6) is -0.196. The normalized spacial score (nSPS) is 18.3. The number of carbonyl (C=O) groups excluding carboxylic acids is 1. The fourth-order valence-corrected chi connectivity index (χ4v) is 5.63. The van der Waals surface area contributed by atoms with Crippen molar-refractivity contribution in [1.29, 1.82) is 5.26 Å². The van der Waals surface area contributed by atoms with Gasteiger partial charge >= 0.3 is 6.09 Å². The first kappa shape index (κ1) is 21.1. The molecule has 1 aromatic heterocycles. The number of carbonyl (C=O) groups is 1. The average Bonchev–Trinajstić information content (AvgIpc) is 3.19. The molecular weight excluding hydrogens is 442 g/mol. The van der Waals surface area contributed by atoms with E-state index in [0.717, 1.165) is 22.8 Å². The lowest BCUT2D eigenvalue weighted by Gasteiger charge is -2.44. The first-order chi connectivity index (χ1) is 17.1. The molecule has 7 rings (SSSR count). The van der Waals surface area contributed by atoms with Gasteiger partial charge in [-0.2, -0.15) is 5.26 Å². The molecule has 1 saturated heterocycles. The van der Waals surface area contributed by atoms with Gasteiger partial charge in [-0.15, -0.1) is 0 Å². The third kappa shape index (κ3) is 3.22. The second-order valence-electron chi connectivity index (χ2n) is 9.08. The van der Waals surface area contributed by atoms with E-state index in [-0.39, 0.29) is 30.3 Å². The van der Waals surface area contributed by atoms with Crippen molar-refractivity contribution in [3.8, 4) is 23.5 Å². The number of amides is 1. The van der Waals surface area contributed by atoms with E-state index in [2.05, 4.69) is 6.07 Å². The highest BCUT2D eigenvalue weighted by Crippen LogP contribution is 2.55. The number of fused-ring (bicyclic) bond motifs is 3. The zero-order valence-electron chi connectivity index (χ0n) is 18.9. The maximum absolute atomic E-state index is 13.0. The predicted molar refractivity (Wildman–Crippen MR) is 129 cm³/mol. The Labute approximate surface area is 202 Å². The van der Waals surface area contributed by atoms with Crippen LogP contribution in [-0.2, 0) is 11.3 Å². The molecular formula is C28H23N3O4. The molecule has 7 nitrogen and oxygen atoms in total. The Balaban J connectivity index is 1.39. The number of nitriles is 1. The fraction of sp³-hybridized carbons (Fsp3) is 0.214. The van der Waals surface area contributed by atoms with Gasteiger partial charge in [0, 0.05) is 34.4 Å². The Hall–Kier alpha value is -4.44. The van der Waals surface area contributed by atoms with Crippen LogP contribution in [0.4, 0.5) is 4.79 Å². The van der Waals surface area contributed by atoms with E-state index in [1.54, 1.807) is 17.0 Å². The minimum absolute atomic E-state index is 0.0145. The second kappa shape index (κ2) is 8.10. The van der Waals surface area contributed by atoms with Gasteiger partial charge in [-0.1, -0.05) is 54.6 Å². The lowest BCUT2D eigenvalue weighted by molar-refractivity contribution is 0.0550. The summed E-state index contributed by atoms with van der Waals surface area (Å²) in [5.41, 5.74) is 3.28. The molecule has 2 N–H and O–H groups in total. The molecule has 2 bridgehead atoms. The highest BCUT2D eigenvalue weighted by atomic mass is 16.6. The number of nitrogens with zero attached hydrogens (tertiary/aromatic N) is 3. The van der Waals surface area contributed by atoms with Crippen molar-refractivity contribution in [2.75, 3.05) is 6.54 Å². The largest absolute Gasteiger partial charge is 0.494 e. The Morgan fingerprint density at radius 1 is 0.943 bits per heavy atom. The van der Waals surface area contributed by atoms with E-state index in [4.69, 9.17) is 4.74 Å². The summed E-state index contributed by atoms with van der Waals surface area (Å²) < 4.78 is 7.03. The van der Waals surface area contributed by atoms with E-state index in [0.29, 0.717) is 35.3 Å². The quantitative estimate of drug-likeness (QED) is 0.417. The molecule has 3 heterocycles. The number of aromatic nitrogens is 1. The molecule has 1 amide bonds. The topological polar surface area (TPSA) is 98.7 Å². The number of benzene rings is 3. The number of aromatic hydroxyl groups is 2. The van der Waals surface area contributed by atoms with Crippen molar-refractivity contribution in [2.45, 2.75) is 31.4 Å². The fourth-order valence-electron chi connectivity index (χ4n) is 5.63. The molecule has 1 aliphatic carbocycles. The summed E-state index contributed by atoms with van der Waals surface area (Å²) in [6, 6.07) is 22.2. The van der Waals surface area contributed by atoms with Gasteiger partial charge in [0.15, 0.2) is 0 Å². The van der Waals surface area contributed by atoms with Gasteiger partial charge in [-0.3, -0.25) is 4.57 Å². The molecule has 0 radical (unpaired) electrons. The molecule has 0 saturated carbocycles. The lowest BCUT2D eigenvalue weighted by atomic mass is 9.76. The van der Waals surface area contributed by atoms with Gasteiger partial charge in [0.05, 0.1) is 23.4 Å². The van der Waals surface area contributed by atoms with Crippen LogP contribution in [0.2, 0.25) is 0 Å². The number of ether oxygens (including phenoxy) is 1. The van der Waals surface area contributed by atoms with Gasteiger partial charge in [0.1, 0.15) is 6.61 Å². The zero-order chi connectivity index (χ0) is 24.1. The van der Waals surface area contributed by atoms with Gasteiger partial charge in [-0.05, 0) is 30.5 Å². The van der Waals surface area contributed by atoms with Crippen LogP contribution >= 0.6 is 0 Å². The van der Waals surface area contributed by atoms with E-state index in [9.17, 15) is 20.3 Å². The number of rotatable bonds is 3. The van der Waals surface area contributed by atoms with E-state index < -0.39 is 6.09 Å². The highest BCUT2D eigenvalue weighted by Gasteiger charge is 2.47. The minimum Gasteiger partial charge on any atom is -0.494 e. The summed E-state index contributed by atoms with van der Waals surface area (Å²) in [6.45, 7) is 0.603. The second-order valence-corrected chi connectivity index (χ2v) is 9.08. The van der Waals surface area contributed by atoms with Crippen LogP contribution < -0.4 is 0 Å². The summed E-state index contributed by atoms with van der Waals surface area (Å²) in [7, 11) is 0. The predicted octanol–water partition coefficient (Wildman–Crippen LogP) is 5.48. The van der Waals surface area contributed by atoms with Gasteiger partial charge in [0.25, 0.3) is 0 Å². The summed E-state index contributed by atoms with van der Waals surface area (Å²) in [4.78, 5) is 14.7. The Bertz CT molecular complexity index is 1500. The third-order valence-corrected chi connectivity index (χ3v) is 7.22. The van der Waals surface area contributed by atoms with Crippen LogP contribution in [0.3, 0.4) is 0 Å². The minimum atomic E-state index is -0.426. The molecule has 7 heteroatoms. The van der Waals surface area contributed by atoms with Crippen LogP contribution in [0, 0.1) is 11.3 Å². The summed E-state index contributed by atoms with van der Waals surface area (Å²) >= 11 is 0. The Kier molecular flexibility index (Phi) is 4.89. The van der Waals surface area contributed by atoms with Crippen molar-refractivity contribution in [3.05, 3.63) is 89.0 Å². The Morgan fingerprint density at radius 3 is 2.43 bits per heavy atom. The summed E-state index contributed by atoms with van der Waals surface area (Å²) in [6.07, 6.45) is 1.07. The molecule has 1 fully saturated rings. The van der Waals surface area contributed by atoms with Gasteiger partial charge < -0.3 is 19.8 Å². The van der Waals surface area contributed by atoms with Crippen LogP contribution in [0.15, 0.2) is 66.7 Å². The average molecular weight is 466 g/mol. The van der Waals surface area contributed by atoms with Crippen molar-refractivity contribution in [2.24, 2.45) is 0 Å². The SMILES string of the molecule is N#Cc1ccc(-n2c(O)c3c(c2O)C2CCC3CN2C(=O)OCc2ccccc2)c2ccccc12. The van der Waals surface area contributed by atoms with Gasteiger partial charge in [0.2, 0.25) is 11.8 Å². The van der Waals surface area contributed by atoms with E-state index >= 15 is 0 Å². The summed E-state index contributed by atoms with van der Waals surface area (Å²) in [5, 5.41) is 33.7. The first-order valence-electron chi connectivity index (χ1n) is 11.6. The molecule has 35 heavy (non-hydrogen) atoms. The number of hydrogen-bond donors (Lipinski definition) is 2.